The topological polar surface area (TPSA) is 74.7 Å². The molecule has 0 amide bonds. The summed E-state index contributed by atoms with van der Waals surface area (Å²) < 4.78 is 20.1. The highest BCUT2D eigenvalue weighted by Crippen LogP contribution is 2.36. The van der Waals surface area contributed by atoms with Gasteiger partial charge in [0, 0.05) is 11.8 Å². The number of hydrogen-bond donors (Lipinski definition) is 0. The summed E-state index contributed by atoms with van der Waals surface area (Å²) in [4.78, 5) is 28.8. The lowest BCUT2D eigenvalue weighted by atomic mass is 10.1. The molecule has 6 nitrogen and oxygen atoms in total. The number of carbonyl (C=O) groups is 2. The van der Waals surface area contributed by atoms with E-state index in [0.29, 0.717) is 24.4 Å². The third kappa shape index (κ3) is 7.53. The average Bonchev–Trinajstić information content (AvgIpc) is 3.06. The zero-order valence-electron chi connectivity index (χ0n) is 17.4. The number of hydrogen-bond acceptors (Lipinski definition) is 8. The van der Waals surface area contributed by atoms with E-state index in [1.807, 2.05) is 54.2 Å². The minimum atomic E-state index is -0.731. The second kappa shape index (κ2) is 10.2. The zero-order chi connectivity index (χ0) is 21.7. The number of allylic oxidation sites excluding steroid dienone is 1. The van der Waals surface area contributed by atoms with Crippen LogP contribution in [0.4, 0.5) is 0 Å². The Bertz CT molecular complexity index is 849. The van der Waals surface area contributed by atoms with E-state index in [2.05, 4.69) is 4.98 Å². The van der Waals surface area contributed by atoms with Crippen molar-refractivity contribution in [2.75, 3.05) is 13.7 Å². The maximum atomic E-state index is 12.4. The van der Waals surface area contributed by atoms with Crippen LogP contribution in [-0.4, -0.2) is 45.0 Å². The normalized spacial score (nSPS) is 14.4. The molecule has 0 aromatic carbocycles. The second-order valence-electron chi connectivity index (χ2n) is 7.61. The number of esters is 2. The van der Waals surface area contributed by atoms with Crippen LogP contribution in [0.3, 0.4) is 0 Å². The first-order valence-electron chi connectivity index (χ1n) is 8.96. The van der Waals surface area contributed by atoms with E-state index in [1.54, 1.807) is 0 Å². The molecule has 2 rings (SSSR count). The number of thiazole rings is 1. The molecule has 0 saturated carbocycles. The van der Waals surface area contributed by atoms with Gasteiger partial charge in [-0.3, -0.25) is 4.79 Å². The Morgan fingerprint density at radius 2 is 1.97 bits per heavy atom. The van der Waals surface area contributed by atoms with Gasteiger partial charge in [-0.15, -0.1) is 11.3 Å². The van der Waals surface area contributed by atoms with Gasteiger partial charge < -0.3 is 14.2 Å². The fourth-order valence-corrected chi connectivity index (χ4v) is 6.02. The monoisotopic (exact) mass is 551 g/mol. The molecule has 9 heteroatoms. The highest BCUT2D eigenvalue weighted by Gasteiger charge is 2.34. The van der Waals surface area contributed by atoms with Gasteiger partial charge in [0.15, 0.2) is 4.34 Å². The van der Waals surface area contributed by atoms with Crippen LogP contribution >= 0.6 is 43.8 Å². The lowest BCUT2D eigenvalue weighted by molar-refractivity contribution is -0.156. The smallest absolute Gasteiger partial charge is 0.342 e. The SMILES string of the molecule is COC(=O)C1=C(OCCc2csc(SC(C)(C)C(=O)OC(C)(C)C)n2)C=CI=C1. The first kappa shape index (κ1) is 24.1. The highest BCUT2D eigenvalue weighted by molar-refractivity contribution is 14.2. The maximum absolute atomic E-state index is 12.4. The van der Waals surface area contributed by atoms with Crippen molar-refractivity contribution in [3.63, 3.8) is 0 Å². The quantitative estimate of drug-likeness (QED) is 0.265. The molecule has 0 aliphatic carbocycles. The number of methoxy groups -OCH3 is 1. The Kier molecular flexibility index (Phi) is 8.48. The van der Waals surface area contributed by atoms with Crippen LogP contribution in [0.2, 0.25) is 0 Å². The van der Waals surface area contributed by atoms with E-state index in [1.165, 1.54) is 30.2 Å². The minimum absolute atomic E-state index is 0.263. The number of aromatic nitrogens is 1. The Morgan fingerprint density at radius 3 is 2.62 bits per heavy atom. The lowest BCUT2D eigenvalue weighted by Crippen LogP contribution is -2.36. The van der Waals surface area contributed by atoms with Crippen LogP contribution in [0.1, 0.15) is 40.3 Å². The summed E-state index contributed by atoms with van der Waals surface area (Å²) >= 11 is 2.61. The first-order valence-corrected chi connectivity index (χ1v) is 13.1. The summed E-state index contributed by atoms with van der Waals surface area (Å²) in [6.45, 7) is 9.64. The number of nitrogens with zero attached hydrogens (tertiary/aromatic N) is 1. The van der Waals surface area contributed by atoms with Crippen LogP contribution < -0.4 is 0 Å². The summed E-state index contributed by atoms with van der Waals surface area (Å²) in [7, 11) is 1.37. The van der Waals surface area contributed by atoms with Gasteiger partial charge in [0.2, 0.25) is 0 Å². The molecule has 29 heavy (non-hydrogen) atoms. The third-order valence-corrected chi connectivity index (χ3v) is 7.43. The molecule has 0 N–H and O–H groups in total. The molecule has 1 aromatic heterocycles. The Balaban J connectivity index is 1.93. The van der Waals surface area contributed by atoms with Crippen molar-refractivity contribution in [2.24, 2.45) is 0 Å². The molecule has 1 aliphatic heterocycles. The number of ether oxygens (including phenoxy) is 3. The predicted octanol–water partition coefficient (Wildman–Crippen LogP) is 4.64. The van der Waals surface area contributed by atoms with Crippen LogP contribution in [-0.2, 0) is 30.2 Å². The van der Waals surface area contributed by atoms with Crippen molar-refractivity contribution in [3.8, 4) is 0 Å². The van der Waals surface area contributed by atoms with Crippen LogP contribution in [0.15, 0.2) is 31.2 Å². The van der Waals surface area contributed by atoms with E-state index < -0.39 is 10.3 Å². The second-order valence-corrected chi connectivity index (χ2v) is 12.4. The van der Waals surface area contributed by atoms with Crippen molar-refractivity contribution in [1.82, 2.24) is 4.98 Å². The van der Waals surface area contributed by atoms with Crippen molar-refractivity contribution >= 4 is 59.8 Å². The average molecular weight is 551 g/mol. The number of halogens is 1. The van der Waals surface area contributed by atoms with Gasteiger partial charge >= 0.3 is 11.9 Å². The summed E-state index contributed by atoms with van der Waals surface area (Å²) in [5.74, 6) is -0.0973. The van der Waals surface area contributed by atoms with Gasteiger partial charge in [-0.05, 0) is 48.8 Å². The summed E-state index contributed by atoms with van der Waals surface area (Å²) in [5.41, 5.74) is 0.857. The lowest BCUT2D eigenvalue weighted by Gasteiger charge is -2.27. The molecule has 1 aliphatic rings. The number of rotatable bonds is 8. The molecular formula is C20H26INO5S2. The zero-order valence-corrected chi connectivity index (χ0v) is 21.2. The molecular weight excluding hydrogens is 525 g/mol. The Morgan fingerprint density at radius 1 is 1.24 bits per heavy atom. The Hall–Kier alpha value is -1.20. The van der Waals surface area contributed by atoms with Crippen molar-refractivity contribution in [1.29, 1.82) is 0 Å². The molecule has 0 unspecified atom stereocenters. The number of carbonyl (C=O) groups excluding carboxylic acids is 2. The molecule has 1 aromatic rings. The van der Waals surface area contributed by atoms with E-state index in [-0.39, 0.29) is 32.7 Å². The molecule has 0 bridgehead atoms. The van der Waals surface area contributed by atoms with Gasteiger partial charge in [0.25, 0.3) is 0 Å². The van der Waals surface area contributed by atoms with E-state index in [9.17, 15) is 9.59 Å². The molecule has 0 atom stereocenters. The molecule has 160 valence electrons. The fraction of sp³-hybridized carbons (Fsp3) is 0.500. The molecule has 2 heterocycles. The van der Waals surface area contributed by atoms with Gasteiger partial charge in [0.1, 0.15) is 21.7 Å². The van der Waals surface area contributed by atoms with Gasteiger partial charge in [-0.1, -0.05) is 32.5 Å². The maximum Gasteiger partial charge on any atom is 0.342 e. The minimum Gasteiger partial charge on any atom is -0.492 e. The van der Waals surface area contributed by atoms with Gasteiger partial charge in [-0.25, -0.2) is 9.78 Å². The summed E-state index contributed by atoms with van der Waals surface area (Å²) in [6, 6.07) is 0. The first-order chi connectivity index (χ1) is 13.5. The van der Waals surface area contributed by atoms with Gasteiger partial charge in [-0.2, -0.15) is 0 Å². The van der Waals surface area contributed by atoms with Crippen molar-refractivity contribution in [2.45, 2.75) is 55.7 Å². The molecule has 0 fully saturated rings. The molecule has 0 spiro atoms. The summed E-state index contributed by atoms with van der Waals surface area (Å²) in [6.07, 6.45) is 2.44. The van der Waals surface area contributed by atoms with Gasteiger partial charge in [0.05, 0.1) is 19.4 Å². The standard InChI is InChI=1S/C20H26INO5S2/c1-19(2,3)27-17(24)20(4,5)29-18-22-13(12-28-18)8-10-26-15-7-9-21-11-14(15)16(23)25-6/h7,9,11-12H,8,10H2,1-6H3. The molecule has 0 radical (unpaired) electrons. The molecule has 0 saturated heterocycles. The van der Waals surface area contributed by atoms with E-state index >= 15 is 0 Å². The number of thioether (sulfide) groups is 1. The summed E-state index contributed by atoms with van der Waals surface area (Å²) in [5, 5.41) is 1.96. The highest BCUT2D eigenvalue weighted by atomic mass is 127. The predicted molar refractivity (Wildman–Crippen MR) is 126 cm³/mol. The van der Waals surface area contributed by atoms with Crippen LogP contribution in [0, 0.1) is 0 Å². The van der Waals surface area contributed by atoms with E-state index in [4.69, 9.17) is 14.2 Å². The van der Waals surface area contributed by atoms with Crippen molar-refractivity contribution < 1.29 is 23.8 Å². The third-order valence-electron chi connectivity index (χ3n) is 3.51. The van der Waals surface area contributed by atoms with E-state index in [0.717, 1.165) is 10.0 Å². The van der Waals surface area contributed by atoms with Crippen LogP contribution in [0.5, 0.6) is 0 Å². The largest absolute Gasteiger partial charge is 0.492 e. The van der Waals surface area contributed by atoms with Crippen LogP contribution in [0.25, 0.3) is 0 Å². The fourth-order valence-electron chi connectivity index (χ4n) is 2.09. The Labute approximate surface area is 189 Å². The van der Waals surface area contributed by atoms with Crippen molar-refractivity contribution in [3.05, 3.63) is 32.6 Å².